The van der Waals surface area contributed by atoms with Gasteiger partial charge in [0.15, 0.2) is 16.3 Å². The molecule has 1 aliphatic heterocycles. The molecule has 0 radical (unpaired) electrons. The number of carbonyl (C=O) groups is 1. The zero-order valence-electron chi connectivity index (χ0n) is 22.8. The number of benzene rings is 1. The number of ether oxygens (including phenoxy) is 4. The van der Waals surface area contributed by atoms with Crippen molar-refractivity contribution in [2.24, 2.45) is 4.99 Å². The fraction of sp³-hybridized carbons (Fsp3) is 0.393. The molecule has 2 aromatic heterocycles. The molecule has 0 fully saturated rings. The van der Waals surface area contributed by atoms with E-state index in [0.717, 1.165) is 23.5 Å². The molecule has 38 heavy (non-hydrogen) atoms. The molecule has 0 amide bonds. The summed E-state index contributed by atoms with van der Waals surface area (Å²) < 4.78 is 26.1. The normalized spacial score (nSPS) is 15.3. The van der Waals surface area contributed by atoms with Gasteiger partial charge >= 0.3 is 5.97 Å². The minimum Gasteiger partial charge on any atom is -0.493 e. The quantitative estimate of drug-likeness (QED) is 0.388. The molecule has 0 N–H and O–H groups in total. The third kappa shape index (κ3) is 4.81. The van der Waals surface area contributed by atoms with E-state index in [2.05, 4.69) is 15.6 Å². The lowest BCUT2D eigenvalue weighted by Crippen LogP contribution is -2.40. The smallest absolute Gasteiger partial charge is 0.338 e. The van der Waals surface area contributed by atoms with Crippen LogP contribution in [0, 0.1) is 13.8 Å². The van der Waals surface area contributed by atoms with Crippen molar-refractivity contribution < 1.29 is 23.7 Å². The van der Waals surface area contributed by atoms with Crippen molar-refractivity contribution >= 4 is 23.4 Å². The summed E-state index contributed by atoms with van der Waals surface area (Å²) in [6.45, 7) is 9.07. The van der Waals surface area contributed by atoms with Crippen molar-refractivity contribution in [3.8, 4) is 11.5 Å². The lowest BCUT2D eigenvalue weighted by atomic mass is 9.94. The summed E-state index contributed by atoms with van der Waals surface area (Å²) in [5, 5.41) is 0. The largest absolute Gasteiger partial charge is 0.493 e. The van der Waals surface area contributed by atoms with Crippen LogP contribution in [0.1, 0.15) is 42.4 Å². The van der Waals surface area contributed by atoms with Crippen LogP contribution in [0.3, 0.4) is 0 Å². The second-order valence-corrected chi connectivity index (χ2v) is 9.87. The highest BCUT2D eigenvalue weighted by molar-refractivity contribution is 7.07. The zero-order valence-corrected chi connectivity index (χ0v) is 23.6. The second kappa shape index (κ2) is 11.4. The number of carbonyl (C=O) groups excluding carboxylic acids is 1. The van der Waals surface area contributed by atoms with Gasteiger partial charge in [-0.05, 0) is 51.5 Å². The Bertz CT molecular complexity index is 1580. The molecule has 10 heteroatoms. The lowest BCUT2D eigenvalue weighted by Gasteiger charge is -2.26. The Morgan fingerprint density at radius 2 is 1.92 bits per heavy atom. The summed E-state index contributed by atoms with van der Waals surface area (Å²) >= 11 is 1.29. The van der Waals surface area contributed by atoms with Gasteiger partial charge in [-0.3, -0.25) is 9.36 Å². The van der Waals surface area contributed by atoms with E-state index in [9.17, 15) is 9.59 Å². The van der Waals surface area contributed by atoms with Crippen molar-refractivity contribution in [2.75, 3.05) is 34.5 Å². The van der Waals surface area contributed by atoms with Crippen LogP contribution in [-0.4, -0.2) is 49.6 Å². The number of rotatable bonds is 9. The topological polar surface area (TPSA) is 93.3 Å². The van der Waals surface area contributed by atoms with Gasteiger partial charge in [-0.1, -0.05) is 23.5 Å². The number of hydrogen-bond acceptors (Lipinski definition) is 8. The predicted molar refractivity (Wildman–Crippen MR) is 146 cm³/mol. The van der Waals surface area contributed by atoms with E-state index in [1.54, 1.807) is 44.8 Å². The third-order valence-electron chi connectivity index (χ3n) is 6.66. The van der Waals surface area contributed by atoms with Crippen LogP contribution in [0.15, 0.2) is 45.3 Å². The number of fused-ring (bicyclic) bond motifs is 1. The Hall–Kier alpha value is -3.63. The number of methoxy groups -OCH3 is 3. The number of aromatic nitrogens is 2. The molecule has 9 nitrogen and oxygen atoms in total. The molecule has 1 unspecified atom stereocenters. The first-order chi connectivity index (χ1) is 18.3. The molecule has 1 aromatic carbocycles. The number of hydrogen-bond donors (Lipinski definition) is 0. The number of para-hydroxylation sites is 1. The SMILES string of the molecule is CCOC(=O)C1=C(C)N=c2s/c(=C\c3cc(C)n(CCOC)c3C)c(=O)n2C1c1cccc(OC)c1OC. The Kier molecular flexibility index (Phi) is 8.23. The molecule has 0 saturated heterocycles. The molecule has 0 bridgehead atoms. The van der Waals surface area contributed by atoms with Gasteiger partial charge in [-0.25, -0.2) is 9.79 Å². The second-order valence-electron chi connectivity index (χ2n) is 8.86. The van der Waals surface area contributed by atoms with Crippen LogP contribution in [0.5, 0.6) is 11.5 Å². The van der Waals surface area contributed by atoms with Crippen LogP contribution in [0.25, 0.3) is 6.08 Å². The molecule has 0 spiro atoms. The average molecular weight is 540 g/mol. The zero-order chi connectivity index (χ0) is 27.6. The molecule has 202 valence electrons. The summed E-state index contributed by atoms with van der Waals surface area (Å²) in [6.07, 6.45) is 1.89. The van der Waals surface area contributed by atoms with Crippen molar-refractivity contribution in [1.29, 1.82) is 0 Å². The maximum atomic E-state index is 14.0. The first-order valence-electron chi connectivity index (χ1n) is 12.3. The molecular formula is C28H33N3O6S. The van der Waals surface area contributed by atoms with Gasteiger partial charge in [-0.15, -0.1) is 0 Å². The minimum atomic E-state index is -0.799. The van der Waals surface area contributed by atoms with Crippen molar-refractivity contribution in [3.05, 3.63) is 77.7 Å². The van der Waals surface area contributed by atoms with Crippen LogP contribution < -0.4 is 24.4 Å². The number of aryl methyl sites for hydroxylation is 1. The first kappa shape index (κ1) is 27.4. The molecule has 1 aliphatic rings. The Balaban J connectivity index is 1.97. The van der Waals surface area contributed by atoms with Crippen molar-refractivity contribution in [3.63, 3.8) is 0 Å². The van der Waals surface area contributed by atoms with E-state index in [1.807, 2.05) is 26.0 Å². The highest BCUT2D eigenvalue weighted by Gasteiger charge is 2.35. The van der Waals surface area contributed by atoms with Gasteiger partial charge in [0.05, 0.1) is 43.2 Å². The van der Waals surface area contributed by atoms with E-state index < -0.39 is 12.0 Å². The number of thiazole rings is 1. The molecule has 0 saturated carbocycles. The van der Waals surface area contributed by atoms with Crippen LogP contribution in [-0.2, 0) is 20.8 Å². The summed E-state index contributed by atoms with van der Waals surface area (Å²) in [4.78, 5) is 32.3. The molecule has 4 rings (SSSR count). The van der Waals surface area contributed by atoms with Gasteiger partial charge in [0.25, 0.3) is 5.56 Å². The average Bonchev–Trinajstić information content (AvgIpc) is 3.35. The number of nitrogens with zero attached hydrogens (tertiary/aromatic N) is 3. The van der Waals surface area contributed by atoms with Crippen LogP contribution in [0.2, 0.25) is 0 Å². The Labute approximate surface area is 225 Å². The summed E-state index contributed by atoms with van der Waals surface area (Å²) in [5.74, 6) is 0.404. The van der Waals surface area contributed by atoms with E-state index in [1.165, 1.54) is 18.4 Å². The third-order valence-corrected chi connectivity index (χ3v) is 7.65. The fourth-order valence-corrected chi connectivity index (χ4v) is 5.89. The van der Waals surface area contributed by atoms with Crippen LogP contribution in [0.4, 0.5) is 0 Å². The molecular weight excluding hydrogens is 506 g/mol. The fourth-order valence-electron chi connectivity index (χ4n) is 4.85. The minimum absolute atomic E-state index is 0.195. The highest BCUT2D eigenvalue weighted by Crippen LogP contribution is 2.40. The van der Waals surface area contributed by atoms with Gasteiger partial charge in [-0.2, -0.15) is 0 Å². The molecule has 1 atom stereocenters. The first-order valence-corrected chi connectivity index (χ1v) is 13.1. The van der Waals surface area contributed by atoms with E-state index in [0.29, 0.717) is 38.7 Å². The van der Waals surface area contributed by atoms with E-state index in [-0.39, 0.29) is 17.7 Å². The van der Waals surface area contributed by atoms with Crippen LogP contribution >= 0.6 is 11.3 Å². The Morgan fingerprint density at radius 3 is 2.58 bits per heavy atom. The van der Waals surface area contributed by atoms with E-state index >= 15 is 0 Å². The summed E-state index contributed by atoms with van der Waals surface area (Å²) in [7, 11) is 4.75. The van der Waals surface area contributed by atoms with Gasteiger partial charge in [0, 0.05) is 30.6 Å². The summed E-state index contributed by atoms with van der Waals surface area (Å²) in [6, 6.07) is 6.66. The van der Waals surface area contributed by atoms with Crippen molar-refractivity contribution in [1.82, 2.24) is 9.13 Å². The standard InChI is InChI=1S/C28H33N3O6S/c1-8-37-27(33)23-17(3)29-28-31(24(23)20-10-9-11-21(35-6)25(20)36-7)26(32)22(38-28)15-19-14-16(2)30(18(19)4)12-13-34-5/h9-11,14-15,24H,8,12-13H2,1-7H3/b22-15-. The van der Waals surface area contributed by atoms with Crippen molar-refractivity contribution in [2.45, 2.75) is 40.3 Å². The molecule has 3 heterocycles. The lowest BCUT2D eigenvalue weighted by molar-refractivity contribution is -0.139. The van der Waals surface area contributed by atoms with Gasteiger partial charge < -0.3 is 23.5 Å². The predicted octanol–water partition coefficient (Wildman–Crippen LogP) is 2.88. The van der Waals surface area contributed by atoms with E-state index in [4.69, 9.17) is 18.9 Å². The summed E-state index contributed by atoms with van der Waals surface area (Å²) in [5.41, 5.74) is 4.20. The van der Waals surface area contributed by atoms with Gasteiger partial charge in [0.1, 0.15) is 6.04 Å². The number of allylic oxidation sites excluding steroid dienone is 1. The maximum Gasteiger partial charge on any atom is 0.338 e. The Morgan fingerprint density at radius 1 is 1.16 bits per heavy atom. The monoisotopic (exact) mass is 539 g/mol. The van der Waals surface area contributed by atoms with Gasteiger partial charge in [0.2, 0.25) is 0 Å². The maximum absolute atomic E-state index is 14.0. The molecule has 0 aliphatic carbocycles. The number of esters is 1. The highest BCUT2D eigenvalue weighted by atomic mass is 32.1. The molecule has 3 aromatic rings.